The lowest BCUT2D eigenvalue weighted by Gasteiger charge is -2.12. The number of ether oxygens (including phenoxy) is 2. The summed E-state index contributed by atoms with van der Waals surface area (Å²) in [6.45, 7) is 3.91. The lowest BCUT2D eigenvalue weighted by Crippen LogP contribution is -2.10. The molecule has 0 aromatic heterocycles. The fraction of sp³-hybridized carbons (Fsp3) is 0.250. The molecule has 0 bridgehead atoms. The van der Waals surface area contributed by atoms with Gasteiger partial charge in [0.2, 0.25) is 0 Å². The standard InChI is InChI=1S/C16H19FN2O2/c1-2-20-10-9-19-16-11-14(7-8-15(16)18)21-13-5-3-12(17)4-6-13/h3-8,11,19H,2,9-10,18H2,1H3. The van der Waals surface area contributed by atoms with Gasteiger partial charge in [0.05, 0.1) is 18.0 Å². The molecule has 0 atom stereocenters. The van der Waals surface area contributed by atoms with Gasteiger partial charge in [0.25, 0.3) is 0 Å². The molecule has 4 nitrogen and oxygen atoms in total. The van der Waals surface area contributed by atoms with Gasteiger partial charge in [-0.05, 0) is 43.3 Å². The first-order valence-electron chi connectivity index (χ1n) is 6.83. The van der Waals surface area contributed by atoms with Gasteiger partial charge < -0.3 is 20.5 Å². The lowest BCUT2D eigenvalue weighted by molar-refractivity contribution is 0.158. The Morgan fingerprint density at radius 2 is 1.81 bits per heavy atom. The minimum atomic E-state index is -0.294. The van der Waals surface area contributed by atoms with E-state index in [0.717, 1.165) is 5.69 Å². The highest BCUT2D eigenvalue weighted by atomic mass is 19.1. The molecule has 0 fully saturated rings. The predicted octanol–water partition coefficient (Wildman–Crippen LogP) is 3.65. The summed E-state index contributed by atoms with van der Waals surface area (Å²) in [5.74, 6) is 0.911. The molecule has 0 spiro atoms. The minimum Gasteiger partial charge on any atom is -0.457 e. The van der Waals surface area contributed by atoms with E-state index in [4.69, 9.17) is 15.2 Å². The average Bonchev–Trinajstić information content (AvgIpc) is 2.49. The zero-order valence-corrected chi connectivity index (χ0v) is 11.9. The molecular formula is C16H19FN2O2. The number of nitrogens with two attached hydrogens (primary N) is 1. The molecule has 0 unspecified atom stereocenters. The van der Waals surface area contributed by atoms with Crippen LogP contribution in [0, 0.1) is 5.82 Å². The Morgan fingerprint density at radius 3 is 2.52 bits per heavy atom. The van der Waals surface area contributed by atoms with E-state index < -0.39 is 0 Å². The summed E-state index contributed by atoms with van der Waals surface area (Å²) >= 11 is 0. The summed E-state index contributed by atoms with van der Waals surface area (Å²) in [7, 11) is 0. The van der Waals surface area contributed by atoms with Gasteiger partial charge in [-0.15, -0.1) is 0 Å². The second-order valence-corrected chi connectivity index (χ2v) is 4.43. The van der Waals surface area contributed by atoms with Gasteiger partial charge >= 0.3 is 0 Å². The normalized spacial score (nSPS) is 10.4. The van der Waals surface area contributed by atoms with E-state index in [2.05, 4.69) is 5.32 Å². The van der Waals surface area contributed by atoms with Crippen molar-refractivity contribution in [2.45, 2.75) is 6.92 Å². The predicted molar refractivity (Wildman–Crippen MR) is 82.3 cm³/mol. The SMILES string of the molecule is CCOCCNc1cc(Oc2ccc(F)cc2)ccc1N. The van der Waals surface area contributed by atoms with Crippen molar-refractivity contribution in [2.75, 3.05) is 30.8 Å². The third-order valence-corrected chi connectivity index (χ3v) is 2.84. The number of hydrogen-bond donors (Lipinski definition) is 2. The van der Waals surface area contributed by atoms with E-state index in [1.165, 1.54) is 12.1 Å². The van der Waals surface area contributed by atoms with Crippen LogP contribution in [0.4, 0.5) is 15.8 Å². The van der Waals surface area contributed by atoms with E-state index in [0.29, 0.717) is 36.9 Å². The van der Waals surface area contributed by atoms with Gasteiger partial charge in [0.15, 0.2) is 0 Å². The quantitative estimate of drug-likeness (QED) is 0.603. The first-order valence-corrected chi connectivity index (χ1v) is 6.83. The number of benzene rings is 2. The topological polar surface area (TPSA) is 56.5 Å². The average molecular weight is 290 g/mol. The molecule has 3 N–H and O–H groups in total. The third kappa shape index (κ3) is 4.65. The van der Waals surface area contributed by atoms with Gasteiger partial charge in [0.1, 0.15) is 17.3 Å². The summed E-state index contributed by atoms with van der Waals surface area (Å²) in [6.07, 6.45) is 0. The molecule has 2 aromatic carbocycles. The minimum absolute atomic E-state index is 0.294. The van der Waals surface area contributed by atoms with Crippen molar-refractivity contribution < 1.29 is 13.9 Å². The van der Waals surface area contributed by atoms with Gasteiger partial charge in [-0.2, -0.15) is 0 Å². The summed E-state index contributed by atoms with van der Waals surface area (Å²) in [5, 5.41) is 3.19. The largest absolute Gasteiger partial charge is 0.457 e. The highest BCUT2D eigenvalue weighted by Gasteiger charge is 2.03. The zero-order valence-electron chi connectivity index (χ0n) is 11.9. The first-order chi connectivity index (χ1) is 10.2. The molecule has 0 aliphatic heterocycles. The molecular weight excluding hydrogens is 271 g/mol. The molecule has 112 valence electrons. The van der Waals surface area contributed by atoms with Crippen LogP contribution in [0.5, 0.6) is 11.5 Å². The maximum absolute atomic E-state index is 12.9. The maximum Gasteiger partial charge on any atom is 0.129 e. The lowest BCUT2D eigenvalue weighted by atomic mass is 10.2. The Hall–Kier alpha value is -2.27. The molecule has 0 heterocycles. The van der Waals surface area contributed by atoms with Crippen LogP contribution in [0.1, 0.15) is 6.92 Å². The van der Waals surface area contributed by atoms with Crippen molar-refractivity contribution in [1.29, 1.82) is 0 Å². The second-order valence-electron chi connectivity index (χ2n) is 4.43. The first kappa shape index (κ1) is 15.1. The molecule has 2 aromatic rings. The van der Waals surface area contributed by atoms with Crippen molar-refractivity contribution in [3.8, 4) is 11.5 Å². The van der Waals surface area contributed by atoms with Crippen LogP contribution in [0.2, 0.25) is 0 Å². The highest BCUT2D eigenvalue weighted by molar-refractivity contribution is 5.68. The molecule has 0 saturated carbocycles. The summed E-state index contributed by atoms with van der Waals surface area (Å²) < 4.78 is 23.8. The van der Waals surface area contributed by atoms with Crippen LogP contribution < -0.4 is 15.8 Å². The fourth-order valence-electron chi connectivity index (χ4n) is 1.79. The van der Waals surface area contributed by atoms with Crippen molar-refractivity contribution in [3.63, 3.8) is 0 Å². The Morgan fingerprint density at radius 1 is 1.10 bits per heavy atom. The van der Waals surface area contributed by atoms with Gasteiger partial charge in [-0.1, -0.05) is 0 Å². The van der Waals surface area contributed by atoms with Crippen molar-refractivity contribution >= 4 is 11.4 Å². The number of anilines is 2. The van der Waals surface area contributed by atoms with Crippen LogP contribution in [0.25, 0.3) is 0 Å². The maximum atomic E-state index is 12.9. The van der Waals surface area contributed by atoms with Crippen LogP contribution in [0.15, 0.2) is 42.5 Å². The van der Waals surface area contributed by atoms with E-state index in [1.807, 2.05) is 13.0 Å². The van der Waals surface area contributed by atoms with Gasteiger partial charge in [-0.3, -0.25) is 0 Å². The Kier molecular flexibility index (Phi) is 5.40. The number of rotatable bonds is 7. The molecule has 2 rings (SSSR count). The Balaban J connectivity index is 2.01. The molecule has 0 saturated heterocycles. The number of nitrogens with one attached hydrogen (secondary N) is 1. The van der Waals surface area contributed by atoms with Crippen LogP contribution >= 0.6 is 0 Å². The van der Waals surface area contributed by atoms with Crippen molar-refractivity contribution in [1.82, 2.24) is 0 Å². The Bertz CT molecular complexity index is 573. The highest BCUT2D eigenvalue weighted by Crippen LogP contribution is 2.28. The smallest absolute Gasteiger partial charge is 0.129 e. The second kappa shape index (κ2) is 7.50. The van der Waals surface area contributed by atoms with Crippen LogP contribution in [-0.4, -0.2) is 19.8 Å². The van der Waals surface area contributed by atoms with Crippen molar-refractivity contribution in [3.05, 3.63) is 48.3 Å². The summed E-state index contributed by atoms with van der Waals surface area (Å²) in [4.78, 5) is 0. The van der Waals surface area contributed by atoms with E-state index in [9.17, 15) is 4.39 Å². The molecule has 5 heteroatoms. The third-order valence-electron chi connectivity index (χ3n) is 2.84. The molecule has 0 aliphatic rings. The van der Waals surface area contributed by atoms with Crippen molar-refractivity contribution in [2.24, 2.45) is 0 Å². The fourth-order valence-corrected chi connectivity index (χ4v) is 1.79. The number of nitrogen functional groups attached to an aromatic ring is 1. The molecule has 0 aliphatic carbocycles. The van der Waals surface area contributed by atoms with E-state index >= 15 is 0 Å². The van der Waals surface area contributed by atoms with Gasteiger partial charge in [-0.25, -0.2) is 4.39 Å². The summed E-state index contributed by atoms with van der Waals surface area (Å²) in [5.41, 5.74) is 7.33. The Labute approximate surface area is 123 Å². The molecule has 0 amide bonds. The van der Waals surface area contributed by atoms with Gasteiger partial charge in [0, 0.05) is 19.2 Å². The molecule has 0 radical (unpaired) electrons. The van der Waals surface area contributed by atoms with Crippen LogP contribution in [0.3, 0.4) is 0 Å². The zero-order chi connectivity index (χ0) is 15.1. The summed E-state index contributed by atoms with van der Waals surface area (Å²) in [6, 6.07) is 11.2. The van der Waals surface area contributed by atoms with E-state index in [1.54, 1.807) is 24.3 Å². The van der Waals surface area contributed by atoms with E-state index in [-0.39, 0.29) is 5.82 Å². The monoisotopic (exact) mass is 290 g/mol. The number of halogens is 1. The van der Waals surface area contributed by atoms with Crippen LogP contribution in [-0.2, 0) is 4.74 Å². The number of hydrogen-bond acceptors (Lipinski definition) is 4. The molecule has 21 heavy (non-hydrogen) atoms.